The van der Waals surface area contributed by atoms with Crippen molar-refractivity contribution in [2.45, 2.75) is 77.6 Å². The molecule has 0 N–H and O–H groups in total. The van der Waals surface area contributed by atoms with Gasteiger partial charge in [-0.05, 0) is 25.7 Å². The van der Waals surface area contributed by atoms with Gasteiger partial charge in [0, 0.05) is 5.88 Å². The van der Waals surface area contributed by atoms with Gasteiger partial charge in [-0.1, -0.05) is 76.2 Å². The van der Waals surface area contributed by atoms with E-state index in [1.54, 1.807) is 0 Å². The largest absolute Gasteiger partial charge is 0.127 e. The summed E-state index contributed by atoms with van der Waals surface area (Å²) in [5.41, 5.74) is 0. The van der Waals surface area contributed by atoms with Gasteiger partial charge in [-0.15, -0.1) is 11.6 Å². The first-order valence-electron chi connectivity index (χ1n) is 7.79. The summed E-state index contributed by atoms with van der Waals surface area (Å²) in [5.74, 6) is 0.830. The van der Waals surface area contributed by atoms with Crippen molar-refractivity contribution in [2.24, 2.45) is 0 Å². The quantitative estimate of drug-likeness (QED) is 0.200. The fraction of sp³-hybridized carbons (Fsp3) is 0.765. The molecule has 0 unspecified atom stereocenters. The zero-order valence-corrected chi connectivity index (χ0v) is 12.9. The van der Waals surface area contributed by atoms with E-state index < -0.39 is 0 Å². The van der Waals surface area contributed by atoms with Gasteiger partial charge in [0.15, 0.2) is 0 Å². The summed E-state index contributed by atoms with van der Waals surface area (Å²) in [4.78, 5) is 0. The zero-order chi connectivity index (χ0) is 13.3. The molecule has 0 amide bonds. The molecule has 0 heterocycles. The molecule has 0 radical (unpaired) electrons. The van der Waals surface area contributed by atoms with Gasteiger partial charge in [0.1, 0.15) is 0 Å². The highest BCUT2D eigenvalue weighted by atomic mass is 35.5. The predicted octanol–water partition coefficient (Wildman–Crippen LogP) is 6.65. The van der Waals surface area contributed by atoms with Gasteiger partial charge < -0.3 is 0 Å². The number of hydrogen-bond donors (Lipinski definition) is 0. The highest BCUT2D eigenvalue weighted by Crippen LogP contribution is 2.09. The molecule has 0 saturated heterocycles. The van der Waals surface area contributed by atoms with Crippen molar-refractivity contribution >= 4 is 11.6 Å². The summed E-state index contributed by atoms with van der Waals surface area (Å²) in [7, 11) is 0. The number of hydrogen-bond acceptors (Lipinski definition) is 0. The Hall–Kier alpha value is -0.230. The van der Waals surface area contributed by atoms with E-state index in [0.29, 0.717) is 0 Å². The number of halogens is 1. The van der Waals surface area contributed by atoms with Crippen molar-refractivity contribution in [1.82, 2.24) is 0 Å². The molecule has 0 rings (SSSR count). The van der Waals surface area contributed by atoms with Crippen LogP contribution in [-0.4, -0.2) is 5.88 Å². The van der Waals surface area contributed by atoms with Crippen LogP contribution < -0.4 is 0 Å². The second kappa shape index (κ2) is 16.8. The molecule has 0 bridgehead atoms. The van der Waals surface area contributed by atoms with Gasteiger partial charge in [-0.25, -0.2) is 0 Å². The molecular weight excluding hydrogens is 240 g/mol. The Morgan fingerprint density at radius 2 is 1.17 bits per heavy atom. The van der Waals surface area contributed by atoms with Crippen LogP contribution in [0.15, 0.2) is 24.3 Å². The summed E-state index contributed by atoms with van der Waals surface area (Å²) in [6.45, 7) is 2.24. The predicted molar refractivity (Wildman–Crippen MR) is 85.5 cm³/mol. The molecule has 0 aliphatic carbocycles. The maximum atomic E-state index is 5.64. The van der Waals surface area contributed by atoms with Gasteiger partial charge in [0.05, 0.1) is 0 Å². The fourth-order valence-corrected chi connectivity index (χ4v) is 2.10. The lowest BCUT2D eigenvalue weighted by Crippen LogP contribution is -1.81. The van der Waals surface area contributed by atoms with Gasteiger partial charge in [-0.2, -0.15) is 0 Å². The van der Waals surface area contributed by atoms with Crippen LogP contribution in [0.2, 0.25) is 0 Å². The fourth-order valence-electron chi connectivity index (χ4n) is 1.91. The molecule has 106 valence electrons. The van der Waals surface area contributed by atoms with Crippen LogP contribution in [0.5, 0.6) is 0 Å². The standard InChI is InChI=1S/C17H31Cl/c1-2-3-4-5-6-7-8-9-10-11-12-13-14-15-16-17-18/h5-8H,2-4,9-17H2,1H3/b6-5+,8-7+. The monoisotopic (exact) mass is 270 g/mol. The van der Waals surface area contributed by atoms with Crippen LogP contribution in [0.1, 0.15) is 77.6 Å². The Balaban J connectivity index is 3.10. The lowest BCUT2D eigenvalue weighted by Gasteiger charge is -1.99. The molecule has 0 saturated carbocycles. The topological polar surface area (TPSA) is 0 Å². The molecule has 0 nitrogen and oxygen atoms in total. The molecular formula is C17H31Cl. The SMILES string of the molecule is CCCC/C=C/C=C/CCCCCCCCCCl. The molecule has 0 atom stereocenters. The molecule has 0 aliphatic rings. The second-order valence-corrected chi connectivity index (χ2v) is 5.33. The van der Waals surface area contributed by atoms with Crippen LogP contribution in [0.3, 0.4) is 0 Å². The lowest BCUT2D eigenvalue weighted by molar-refractivity contribution is 0.593. The average Bonchev–Trinajstić information content (AvgIpc) is 2.39. The van der Waals surface area contributed by atoms with Gasteiger partial charge in [0.25, 0.3) is 0 Å². The first-order valence-corrected chi connectivity index (χ1v) is 8.33. The number of allylic oxidation sites excluding steroid dienone is 4. The van der Waals surface area contributed by atoms with E-state index in [0.717, 1.165) is 5.88 Å². The van der Waals surface area contributed by atoms with Crippen LogP contribution >= 0.6 is 11.6 Å². The molecule has 1 heteroatoms. The van der Waals surface area contributed by atoms with E-state index >= 15 is 0 Å². The van der Waals surface area contributed by atoms with Crippen LogP contribution in [0, 0.1) is 0 Å². The molecule has 0 aliphatic heterocycles. The van der Waals surface area contributed by atoms with Crippen molar-refractivity contribution < 1.29 is 0 Å². The maximum absolute atomic E-state index is 5.64. The minimum atomic E-state index is 0.830. The van der Waals surface area contributed by atoms with Crippen molar-refractivity contribution in [1.29, 1.82) is 0 Å². The molecule has 0 aromatic carbocycles. The first-order chi connectivity index (χ1) is 8.91. The normalized spacial score (nSPS) is 11.9. The van der Waals surface area contributed by atoms with E-state index in [1.165, 1.54) is 70.6 Å². The maximum Gasteiger partial charge on any atom is 0.0223 e. The molecule has 18 heavy (non-hydrogen) atoms. The van der Waals surface area contributed by atoms with E-state index in [9.17, 15) is 0 Å². The minimum absolute atomic E-state index is 0.830. The van der Waals surface area contributed by atoms with E-state index in [4.69, 9.17) is 11.6 Å². The number of alkyl halides is 1. The van der Waals surface area contributed by atoms with Gasteiger partial charge in [-0.3, -0.25) is 0 Å². The van der Waals surface area contributed by atoms with Crippen LogP contribution in [-0.2, 0) is 0 Å². The van der Waals surface area contributed by atoms with Gasteiger partial charge >= 0.3 is 0 Å². The second-order valence-electron chi connectivity index (χ2n) is 4.95. The number of rotatable bonds is 13. The lowest BCUT2D eigenvalue weighted by atomic mass is 10.1. The van der Waals surface area contributed by atoms with Crippen molar-refractivity contribution in [3.05, 3.63) is 24.3 Å². The zero-order valence-electron chi connectivity index (χ0n) is 12.2. The van der Waals surface area contributed by atoms with Crippen molar-refractivity contribution in [3.8, 4) is 0 Å². The smallest absolute Gasteiger partial charge is 0.0223 e. The van der Waals surface area contributed by atoms with Crippen LogP contribution in [0.4, 0.5) is 0 Å². The molecule has 0 spiro atoms. The molecule has 0 fully saturated rings. The molecule has 0 aromatic heterocycles. The summed E-state index contributed by atoms with van der Waals surface area (Å²) >= 11 is 5.64. The highest BCUT2D eigenvalue weighted by molar-refractivity contribution is 6.17. The average molecular weight is 271 g/mol. The third kappa shape index (κ3) is 15.8. The van der Waals surface area contributed by atoms with E-state index in [-0.39, 0.29) is 0 Å². The highest BCUT2D eigenvalue weighted by Gasteiger charge is 1.90. The Morgan fingerprint density at radius 1 is 0.667 bits per heavy atom. The summed E-state index contributed by atoms with van der Waals surface area (Å²) < 4.78 is 0. The van der Waals surface area contributed by atoms with Gasteiger partial charge in [0.2, 0.25) is 0 Å². The third-order valence-corrected chi connectivity index (χ3v) is 3.38. The minimum Gasteiger partial charge on any atom is -0.127 e. The van der Waals surface area contributed by atoms with Crippen molar-refractivity contribution in [3.63, 3.8) is 0 Å². The third-order valence-electron chi connectivity index (χ3n) is 3.11. The Labute approximate surface area is 120 Å². The summed E-state index contributed by atoms with van der Waals surface area (Å²) in [6.07, 6.45) is 23.4. The molecule has 0 aromatic rings. The first kappa shape index (κ1) is 17.8. The van der Waals surface area contributed by atoms with Crippen LogP contribution in [0.25, 0.3) is 0 Å². The van der Waals surface area contributed by atoms with E-state index in [1.807, 2.05) is 0 Å². The Morgan fingerprint density at radius 3 is 1.72 bits per heavy atom. The van der Waals surface area contributed by atoms with E-state index in [2.05, 4.69) is 31.2 Å². The van der Waals surface area contributed by atoms with Crippen molar-refractivity contribution in [2.75, 3.05) is 5.88 Å². The number of unbranched alkanes of at least 4 members (excludes halogenated alkanes) is 9. The Bertz CT molecular complexity index is 194. The Kier molecular flexibility index (Phi) is 16.6. The summed E-state index contributed by atoms with van der Waals surface area (Å²) in [5, 5.41) is 0. The summed E-state index contributed by atoms with van der Waals surface area (Å²) in [6, 6.07) is 0.